The number of rotatable bonds is 6. The number of carbonyl (C=O) groups excluding carboxylic acids is 2. The molecule has 36 heavy (non-hydrogen) atoms. The van der Waals surface area contributed by atoms with Crippen molar-refractivity contribution in [2.75, 3.05) is 18.6 Å². The molecule has 0 saturated heterocycles. The molecule has 0 radical (unpaired) electrons. The molecule has 0 spiro atoms. The number of aromatic nitrogens is 2. The molecule has 6 nitrogen and oxygen atoms in total. The zero-order valence-electron chi connectivity index (χ0n) is 20.5. The molecule has 6 heteroatoms. The van der Waals surface area contributed by atoms with E-state index in [4.69, 9.17) is 4.74 Å². The van der Waals surface area contributed by atoms with E-state index in [0.29, 0.717) is 11.3 Å². The zero-order valence-corrected chi connectivity index (χ0v) is 20.5. The molecule has 1 aliphatic rings. The summed E-state index contributed by atoms with van der Waals surface area (Å²) in [6.07, 6.45) is 3.23. The number of hydrogen-bond acceptors (Lipinski definition) is 5. The first-order chi connectivity index (χ1) is 17.4. The molecule has 0 fully saturated rings. The molecule has 1 aromatic heterocycles. The second-order valence-corrected chi connectivity index (χ2v) is 9.31. The van der Waals surface area contributed by atoms with Crippen molar-refractivity contribution in [1.82, 2.24) is 9.78 Å². The Morgan fingerprint density at radius 2 is 1.56 bits per heavy atom. The van der Waals surface area contributed by atoms with Gasteiger partial charge in [0.25, 0.3) is 0 Å². The van der Waals surface area contributed by atoms with Crippen LogP contribution in [-0.2, 0) is 14.9 Å². The zero-order chi connectivity index (χ0) is 25.3. The molecule has 5 rings (SSSR count). The number of ketones is 1. The van der Waals surface area contributed by atoms with E-state index in [1.54, 1.807) is 17.0 Å². The van der Waals surface area contributed by atoms with Crippen molar-refractivity contribution < 1.29 is 14.3 Å². The lowest BCUT2D eigenvalue weighted by molar-refractivity contribution is -0.117. The summed E-state index contributed by atoms with van der Waals surface area (Å²) in [7, 11) is 1.95. The van der Waals surface area contributed by atoms with E-state index in [1.807, 2.05) is 90.8 Å². The van der Waals surface area contributed by atoms with E-state index in [0.717, 1.165) is 28.2 Å². The highest BCUT2D eigenvalue weighted by Crippen LogP contribution is 2.46. The molecule has 0 saturated carbocycles. The highest BCUT2D eigenvalue weighted by molar-refractivity contribution is 5.99. The number of likely N-dealkylation sites (N-methyl/N-ethyl adjacent to an activating group) is 1. The summed E-state index contributed by atoms with van der Waals surface area (Å²) in [5, 5.41) is 4.65. The van der Waals surface area contributed by atoms with Gasteiger partial charge in [0, 0.05) is 41.7 Å². The molecule has 180 valence electrons. The Morgan fingerprint density at radius 1 is 0.917 bits per heavy atom. The predicted octanol–water partition coefficient (Wildman–Crippen LogP) is 5.58. The maximum absolute atomic E-state index is 13.1. The molecule has 4 aromatic rings. The number of carbonyl (C=O) groups is 2. The van der Waals surface area contributed by atoms with E-state index in [2.05, 4.69) is 25.0 Å². The Hall–Kier alpha value is -4.45. The summed E-state index contributed by atoms with van der Waals surface area (Å²) in [4.78, 5) is 28.1. The van der Waals surface area contributed by atoms with E-state index in [1.165, 1.54) is 0 Å². The smallest absolute Gasteiger partial charge is 0.342 e. The number of allylic oxidation sites excluding steroid dienone is 1. The number of para-hydroxylation sites is 2. The lowest BCUT2D eigenvalue weighted by atomic mass is 9.83. The fourth-order valence-corrected chi connectivity index (χ4v) is 4.71. The summed E-state index contributed by atoms with van der Waals surface area (Å²) >= 11 is 0. The van der Waals surface area contributed by atoms with Gasteiger partial charge in [-0.15, -0.1) is 0 Å². The Kier molecular flexibility index (Phi) is 6.02. The summed E-state index contributed by atoms with van der Waals surface area (Å²) in [6.45, 7) is 3.82. The highest BCUT2D eigenvalue weighted by Gasteiger charge is 2.38. The van der Waals surface area contributed by atoms with Gasteiger partial charge in [0.1, 0.15) is 11.3 Å². The SMILES string of the molecule is CN1/C(=C\C(=O)COC(=O)c2cn(-c3ccccc3)nc2-c2ccccc2)C(C)(C)c2ccccc21. The van der Waals surface area contributed by atoms with Gasteiger partial charge in [-0.05, 0) is 23.8 Å². The predicted molar refractivity (Wildman–Crippen MR) is 140 cm³/mol. The van der Waals surface area contributed by atoms with Crippen LogP contribution in [0.4, 0.5) is 5.69 Å². The maximum Gasteiger partial charge on any atom is 0.342 e. The molecule has 0 amide bonds. The van der Waals surface area contributed by atoms with Crippen LogP contribution in [0, 0.1) is 0 Å². The molecule has 1 aliphatic heterocycles. The number of ether oxygens (including phenoxy) is 1. The Morgan fingerprint density at radius 3 is 2.25 bits per heavy atom. The van der Waals surface area contributed by atoms with E-state index in [-0.39, 0.29) is 17.8 Å². The van der Waals surface area contributed by atoms with Crippen LogP contribution in [0.25, 0.3) is 16.9 Å². The third-order valence-electron chi connectivity index (χ3n) is 6.59. The number of esters is 1. The number of fused-ring (bicyclic) bond motifs is 1. The summed E-state index contributed by atoms with van der Waals surface area (Å²) < 4.78 is 7.14. The van der Waals surface area contributed by atoms with Crippen LogP contribution < -0.4 is 4.90 Å². The first-order valence-corrected chi connectivity index (χ1v) is 11.8. The molecular weight excluding hydrogens is 450 g/mol. The van der Waals surface area contributed by atoms with Gasteiger partial charge < -0.3 is 9.64 Å². The molecule has 2 heterocycles. The van der Waals surface area contributed by atoms with Crippen molar-refractivity contribution in [1.29, 1.82) is 0 Å². The summed E-state index contributed by atoms with van der Waals surface area (Å²) in [5.41, 5.74) is 5.18. The first-order valence-electron chi connectivity index (χ1n) is 11.8. The third-order valence-corrected chi connectivity index (χ3v) is 6.59. The van der Waals surface area contributed by atoms with E-state index < -0.39 is 5.97 Å². The summed E-state index contributed by atoms with van der Waals surface area (Å²) in [6, 6.07) is 27.1. The van der Waals surface area contributed by atoms with Gasteiger partial charge in [-0.25, -0.2) is 9.48 Å². The van der Waals surface area contributed by atoms with Crippen molar-refractivity contribution in [3.63, 3.8) is 0 Å². The van der Waals surface area contributed by atoms with Crippen LogP contribution in [0.5, 0.6) is 0 Å². The Labute approximate surface area is 210 Å². The van der Waals surface area contributed by atoms with E-state index >= 15 is 0 Å². The topological polar surface area (TPSA) is 64.4 Å². The minimum absolute atomic E-state index is 0.275. The van der Waals surface area contributed by atoms with Crippen LogP contribution in [0.2, 0.25) is 0 Å². The van der Waals surface area contributed by atoms with Gasteiger partial charge in [0.05, 0.1) is 5.69 Å². The monoisotopic (exact) mass is 477 g/mol. The van der Waals surface area contributed by atoms with Crippen molar-refractivity contribution in [3.8, 4) is 16.9 Å². The lowest BCUT2D eigenvalue weighted by Crippen LogP contribution is -2.25. The molecule has 0 N–H and O–H groups in total. The van der Waals surface area contributed by atoms with Gasteiger partial charge in [0.2, 0.25) is 0 Å². The van der Waals surface area contributed by atoms with Crippen LogP contribution in [0.15, 0.2) is 103 Å². The number of nitrogens with zero attached hydrogens (tertiary/aromatic N) is 3. The van der Waals surface area contributed by atoms with Crippen LogP contribution in [0.3, 0.4) is 0 Å². The van der Waals surface area contributed by atoms with Crippen LogP contribution >= 0.6 is 0 Å². The van der Waals surface area contributed by atoms with Gasteiger partial charge in [-0.2, -0.15) is 5.10 Å². The second kappa shape index (κ2) is 9.30. The average molecular weight is 478 g/mol. The van der Waals surface area contributed by atoms with Gasteiger partial charge in [0.15, 0.2) is 12.4 Å². The largest absolute Gasteiger partial charge is 0.454 e. The lowest BCUT2D eigenvalue weighted by Gasteiger charge is -2.23. The van der Waals surface area contributed by atoms with Crippen molar-refractivity contribution in [2.24, 2.45) is 0 Å². The normalized spacial score (nSPS) is 15.1. The average Bonchev–Trinajstić information content (AvgIpc) is 3.43. The third kappa shape index (κ3) is 4.22. The van der Waals surface area contributed by atoms with Gasteiger partial charge in [-0.1, -0.05) is 80.6 Å². The molecular formula is C30H27N3O3. The molecule has 0 atom stereocenters. The fourth-order valence-electron chi connectivity index (χ4n) is 4.71. The highest BCUT2D eigenvalue weighted by atomic mass is 16.5. The first kappa shape index (κ1) is 23.3. The number of benzene rings is 3. The molecule has 3 aromatic carbocycles. The number of anilines is 1. The quantitative estimate of drug-likeness (QED) is 0.268. The minimum Gasteiger partial charge on any atom is -0.454 e. The van der Waals surface area contributed by atoms with Gasteiger partial charge >= 0.3 is 5.97 Å². The van der Waals surface area contributed by atoms with Crippen LogP contribution in [0.1, 0.15) is 29.8 Å². The maximum atomic E-state index is 13.1. The van der Waals surface area contributed by atoms with Crippen molar-refractivity contribution >= 4 is 17.4 Å². The second-order valence-electron chi connectivity index (χ2n) is 9.31. The van der Waals surface area contributed by atoms with Crippen molar-refractivity contribution in [3.05, 3.63) is 114 Å². The number of hydrogen-bond donors (Lipinski definition) is 0. The molecule has 0 bridgehead atoms. The fraction of sp³-hybridized carbons (Fsp3) is 0.167. The summed E-state index contributed by atoms with van der Waals surface area (Å²) in [5.74, 6) is -0.868. The van der Waals surface area contributed by atoms with Gasteiger partial charge in [-0.3, -0.25) is 4.79 Å². The molecule has 0 aliphatic carbocycles. The Balaban J connectivity index is 1.38. The Bertz CT molecular complexity index is 1450. The van der Waals surface area contributed by atoms with E-state index in [9.17, 15) is 9.59 Å². The molecule has 0 unspecified atom stereocenters. The van der Waals surface area contributed by atoms with Crippen LogP contribution in [-0.4, -0.2) is 35.2 Å². The standard InChI is InChI=1S/C30H27N3O3/c1-30(2)25-16-10-11-17-26(25)32(3)27(30)18-23(34)20-36-29(35)24-19-33(22-14-8-5-9-15-22)31-28(24)21-12-6-4-7-13-21/h4-19H,20H2,1-3H3/b27-18-. The van der Waals surface area contributed by atoms with Crippen molar-refractivity contribution in [2.45, 2.75) is 19.3 Å². The minimum atomic E-state index is -0.592.